The largest absolute Gasteiger partial charge is 0.378 e. The summed E-state index contributed by atoms with van der Waals surface area (Å²) in [5.41, 5.74) is 6.85. The first kappa shape index (κ1) is 14.0. The van der Waals surface area contributed by atoms with E-state index in [1.165, 1.54) is 38.6 Å². The smallest absolute Gasteiger partial charge is 0.0653 e. The average molecular weight is 303 g/mol. The van der Waals surface area contributed by atoms with Crippen LogP contribution in [0.2, 0.25) is 0 Å². The van der Waals surface area contributed by atoms with Crippen LogP contribution >= 0.6 is 23.1 Å². The maximum absolute atomic E-state index is 3.81. The third-order valence-corrected chi connectivity index (χ3v) is 6.25. The highest BCUT2D eigenvalue weighted by atomic mass is 32.2. The van der Waals surface area contributed by atoms with Crippen LogP contribution in [0.4, 0.5) is 5.69 Å². The topological polar surface area (TPSA) is 12.0 Å². The molecule has 1 aliphatic rings. The van der Waals surface area contributed by atoms with Gasteiger partial charge < -0.3 is 5.32 Å². The van der Waals surface area contributed by atoms with Crippen LogP contribution in [-0.2, 0) is 0 Å². The molecule has 106 valence electrons. The summed E-state index contributed by atoms with van der Waals surface area (Å²) in [7, 11) is 0. The van der Waals surface area contributed by atoms with E-state index in [1.54, 1.807) is 0 Å². The van der Waals surface area contributed by atoms with E-state index in [0.29, 0.717) is 11.3 Å². The Morgan fingerprint density at radius 2 is 1.85 bits per heavy atom. The first-order chi connectivity index (χ1) is 9.54. The van der Waals surface area contributed by atoms with Gasteiger partial charge in [-0.2, -0.15) is 0 Å². The van der Waals surface area contributed by atoms with E-state index in [2.05, 4.69) is 56.6 Å². The van der Waals surface area contributed by atoms with Crippen molar-refractivity contribution in [3.8, 4) is 0 Å². The number of thioether (sulfide) groups is 1. The van der Waals surface area contributed by atoms with Crippen molar-refractivity contribution in [1.29, 1.82) is 0 Å². The number of hydrogen-bond donors (Lipinski definition) is 1. The molecule has 2 atom stereocenters. The van der Waals surface area contributed by atoms with Crippen molar-refractivity contribution in [2.45, 2.75) is 49.6 Å². The quantitative estimate of drug-likeness (QED) is 0.762. The second kappa shape index (κ2) is 5.45. The molecule has 1 nitrogen and oxygen atoms in total. The Bertz CT molecular complexity index is 607. The molecule has 0 saturated carbocycles. The zero-order chi connectivity index (χ0) is 14.3. The predicted molar refractivity (Wildman–Crippen MR) is 91.3 cm³/mol. The van der Waals surface area contributed by atoms with Gasteiger partial charge >= 0.3 is 0 Å². The Labute approximate surface area is 129 Å². The van der Waals surface area contributed by atoms with Crippen molar-refractivity contribution in [2.75, 3.05) is 5.32 Å². The molecule has 1 aromatic carbocycles. The van der Waals surface area contributed by atoms with E-state index in [4.69, 9.17) is 0 Å². The SMILES string of the molecule is Cc1cc(C)c(NC2C[C@H](C)Sc3sccc32)c(C)c1. The van der Waals surface area contributed by atoms with E-state index in [9.17, 15) is 0 Å². The number of thiophene rings is 1. The van der Waals surface area contributed by atoms with Crippen LogP contribution < -0.4 is 5.32 Å². The summed E-state index contributed by atoms with van der Waals surface area (Å²) in [6.45, 7) is 8.91. The molecule has 0 bridgehead atoms. The number of aryl methyl sites for hydroxylation is 3. The zero-order valence-electron chi connectivity index (χ0n) is 12.5. The van der Waals surface area contributed by atoms with Crippen LogP contribution in [0.25, 0.3) is 0 Å². The Morgan fingerprint density at radius 3 is 2.55 bits per heavy atom. The van der Waals surface area contributed by atoms with Crippen LogP contribution in [0.1, 0.15) is 41.6 Å². The fourth-order valence-corrected chi connectivity index (χ4v) is 5.63. The molecule has 1 unspecified atom stereocenters. The van der Waals surface area contributed by atoms with Crippen LogP contribution in [0, 0.1) is 20.8 Å². The summed E-state index contributed by atoms with van der Waals surface area (Å²) in [6.07, 6.45) is 1.20. The Hall–Kier alpha value is -0.930. The lowest BCUT2D eigenvalue weighted by molar-refractivity contribution is 0.669. The molecule has 2 aromatic rings. The summed E-state index contributed by atoms with van der Waals surface area (Å²) in [5.74, 6) is 0. The van der Waals surface area contributed by atoms with Crippen molar-refractivity contribution < 1.29 is 0 Å². The molecular formula is C17H21NS2. The first-order valence-electron chi connectivity index (χ1n) is 7.13. The van der Waals surface area contributed by atoms with Crippen LogP contribution in [0.15, 0.2) is 27.8 Å². The summed E-state index contributed by atoms with van der Waals surface area (Å²) in [6, 6.07) is 7.28. The molecule has 0 spiro atoms. The van der Waals surface area contributed by atoms with Crippen LogP contribution in [-0.4, -0.2) is 5.25 Å². The second-order valence-electron chi connectivity index (χ2n) is 5.80. The lowest BCUT2D eigenvalue weighted by Gasteiger charge is -2.29. The molecule has 0 amide bonds. The van der Waals surface area contributed by atoms with Gasteiger partial charge in [0.1, 0.15) is 0 Å². The van der Waals surface area contributed by atoms with E-state index < -0.39 is 0 Å². The predicted octanol–water partition coefficient (Wildman–Crippen LogP) is 5.71. The summed E-state index contributed by atoms with van der Waals surface area (Å²) in [4.78, 5) is 0. The van der Waals surface area contributed by atoms with Crippen molar-refractivity contribution in [3.05, 3.63) is 45.8 Å². The van der Waals surface area contributed by atoms with Crippen LogP contribution in [0.5, 0.6) is 0 Å². The highest BCUT2D eigenvalue weighted by Crippen LogP contribution is 2.45. The van der Waals surface area contributed by atoms with Gasteiger partial charge in [0, 0.05) is 10.9 Å². The number of nitrogens with one attached hydrogen (secondary N) is 1. The van der Waals surface area contributed by atoms with E-state index in [-0.39, 0.29) is 0 Å². The van der Waals surface area contributed by atoms with Crippen molar-refractivity contribution in [2.24, 2.45) is 0 Å². The molecule has 0 fully saturated rings. The fourth-order valence-electron chi connectivity index (χ4n) is 3.07. The van der Waals surface area contributed by atoms with E-state index >= 15 is 0 Å². The van der Waals surface area contributed by atoms with Gasteiger partial charge in [0.15, 0.2) is 0 Å². The molecule has 0 saturated heterocycles. The van der Waals surface area contributed by atoms with Crippen molar-refractivity contribution in [3.63, 3.8) is 0 Å². The molecule has 3 rings (SSSR count). The molecule has 1 aliphatic heterocycles. The average Bonchev–Trinajstić information content (AvgIpc) is 2.81. The number of rotatable bonds is 2. The lowest BCUT2D eigenvalue weighted by atomic mass is 10.0. The molecule has 1 N–H and O–H groups in total. The standard InChI is InChI=1S/C17H21NS2/c1-10-7-11(2)16(12(3)8-10)18-15-9-13(4)20-17-14(15)5-6-19-17/h5-8,13,15,18H,9H2,1-4H3/t13-,15?/m0/s1. The Morgan fingerprint density at radius 1 is 1.15 bits per heavy atom. The monoisotopic (exact) mass is 303 g/mol. The van der Waals surface area contributed by atoms with Gasteiger partial charge in [0.25, 0.3) is 0 Å². The molecule has 20 heavy (non-hydrogen) atoms. The maximum atomic E-state index is 3.81. The van der Waals surface area contributed by atoms with Crippen molar-refractivity contribution in [1.82, 2.24) is 0 Å². The molecule has 2 heterocycles. The minimum absolute atomic E-state index is 0.451. The molecule has 1 aromatic heterocycles. The fraction of sp³-hybridized carbons (Fsp3) is 0.412. The number of fused-ring (bicyclic) bond motifs is 1. The van der Waals surface area contributed by atoms with Gasteiger partial charge in [0.2, 0.25) is 0 Å². The summed E-state index contributed by atoms with van der Waals surface area (Å²) in [5, 5.41) is 6.72. The van der Waals surface area contributed by atoms with E-state index in [1.807, 2.05) is 23.1 Å². The first-order valence-corrected chi connectivity index (χ1v) is 8.89. The highest BCUT2D eigenvalue weighted by molar-refractivity contribution is 8.01. The van der Waals surface area contributed by atoms with Gasteiger partial charge in [-0.3, -0.25) is 0 Å². The normalized spacial score (nSPS) is 21.6. The van der Waals surface area contributed by atoms with Gasteiger partial charge in [-0.05, 0) is 55.3 Å². The maximum Gasteiger partial charge on any atom is 0.0653 e. The van der Waals surface area contributed by atoms with Gasteiger partial charge in [0.05, 0.1) is 10.3 Å². The van der Waals surface area contributed by atoms with Gasteiger partial charge in [-0.25, -0.2) is 0 Å². The minimum Gasteiger partial charge on any atom is -0.378 e. The third kappa shape index (κ3) is 2.61. The zero-order valence-corrected chi connectivity index (χ0v) is 14.1. The Kier molecular flexibility index (Phi) is 3.83. The lowest BCUT2D eigenvalue weighted by Crippen LogP contribution is -2.20. The highest BCUT2D eigenvalue weighted by Gasteiger charge is 2.26. The number of hydrogen-bond acceptors (Lipinski definition) is 3. The van der Waals surface area contributed by atoms with Crippen molar-refractivity contribution >= 4 is 28.8 Å². The summed E-state index contributed by atoms with van der Waals surface area (Å²) < 4.78 is 1.49. The minimum atomic E-state index is 0.451. The van der Waals surface area contributed by atoms with Crippen LogP contribution in [0.3, 0.4) is 0 Å². The number of benzene rings is 1. The third-order valence-electron chi connectivity index (χ3n) is 3.91. The number of anilines is 1. The molecular weight excluding hydrogens is 282 g/mol. The molecule has 3 heteroatoms. The molecule has 0 radical (unpaired) electrons. The molecule has 0 aliphatic carbocycles. The van der Waals surface area contributed by atoms with Gasteiger partial charge in [-0.1, -0.05) is 24.6 Å². The van der Waals surface area contributed by atoms with E-state index in [0.717, 1.165) is 0 Å². The summed E-state index contributed by atoms with van der Waals surface area (Å²) >= 11 is 3.90. The van der Waals surface area contributed by atoms with Gasteiger partial charge in [-0.15, -0.1) is 23.1 Å². The second-order valence-corrected chi connectivity index (χ2v) is 8.42. The Balaban J connectivity index is 1.93.